The van der Waals surface area contributed by atoms with Crippen LogP contribution in [0, 0.1) is 0 Å². The summed E-state index contributed by atoms with van der Waals surface area (Å²) in [4.78, 5) is 42.8. The monoisotopic (exact) mass is 659 g/mol. The first-order chi connectivity index (χ1) is 23.8. The molecule has 9 heteroatoms. The van der Waals surface area contributed by atoms with Crippen LogP contribution in [0.15, 0.2) is 84.9 Å². The molecular weight excluding hydrogens is 614 g/mol. The highest BCUT2D eigenvalue weighted by atomic mass is 16.5. The zero-order valence-electron chi connectivity index (χ0n) is 28.4. The lowest BCUT2D eigenvalue weighted by Crippen LogP contribution is -2.56. The molecule has 2 N–H and O–H groups in total. The number of hydrogen-bond acceptors (Lipinski definition) is 5. The quantitative estimate of drug-likeness (QED) is 0.225. The van der Waals surface area contributed by atoms with E-state index in [2.05, 4.69) is 50.4 Å². The molecule has 1 saturated heterocycles. The van der Waals surface area contributed by atoms with Crippen LogP contribution in [0.5, 0.6) is 0 Å². The predicted molar refractivity (Wildman–Crippen MR) is 190 cm³/mol. The first-order valence-corrected chi connectivity index (χ1v) is 17.4. The fourth-order valence-electron chi connectivity index (χ4n) is 7.58. The van der Waals surface area contributed by atoms with Crippen LogP contribution in [0.2, 0.25) is 0 Å². The van der Waals surface area contributed by atoms with Crippen LogP contribution < -0.4 is 10.6 Å². The summed E-state index contributed by atoms with van der Waals surface area (Å²) in [6.45, 7) is 4.39. The third-order valence-corrected chi connectivity index (χ3v) is 10.6. The lowest BCUT2D eigenvalue weighted by Gasteiger charge is -2.53. The van der Waals surface area contributed by atoms with Gasteiger partial charge in [-0.25, -0.2) is 0 Å². The molecule has 4 aromatic rings. The minimum atomic E-state index is -0.144. The molecular formula is C40H45N5O4. The molecule has 3 amide bonds. The van der Waals surface area contributed by atoms with Gasteiger partial charge in [0.2, 0.25) is 0 Å². The largest absolute Gasteiger partial charge is 0.381 e. The normalized spacial score (nSPS) is 17.2. The van der Waals surface area contributed by atoms with Crippen LogP contribution in [-0.4, -0.2) is 65.9 Å². The molecule has 3 heterocycles. The number of benzene rings is 3. The molecule has 7 rings (SSSR count). The van der Waals surface area contributed by atoms with E-state index in [9.17, 15) is 14.4 Å². The van der Waals surface area contributed by atoms with Crippen molar-refractivity contribution in [1.29, 1.82) is 0 Å². The van der Waals surface area contributed by atoms with Gasteiger partial charge >= 0.3 is 0 Å². The van der Waals surface area contributed by atoms with E-state index in [1.807, 2.05) is 54.6 Å². The van der Waals surface area contributed by atoms with Crippen LogP contribution in [0.4, 0.5) is 5.69 Å². The maximum atomic E-state index is 13.4. The van der Waals surface area contributed by atoms with E-state index < -0.39 is 0 Å². The highest BCUT2D eigenvalue weighted by Crippen LogP contribution is 2.49. The molecule has 0 radical (unpaired) electrons. The Balaban J connectivity index is 0.941. The van der Waals surface area contributed by atoms with Crippen molar-refractivity contribution in [2.75, 3.05) is 39.2 Å². The van der Waals surface area contributed by atoms with Gasteiger partial charge in [-0.05, 0) is 103 Å². The summed E-state index contributed by atoms with van der Waals surface area (Å²) >= 11 is 0. The first-order valence-electron chi connectivity index (χ1n) is 17.4. The van der Waals surface area contributed by atoms with Crippen molar-refractivity contribution in [3.8, 4) is 0 Å². The summed E-state index contributed by atoms with van der Waals surface area (Å²) in [6, 6.07) is 27.5. The number of fused-ring (bicyclic) bond motifs is 2. The van der Waals surface area contributed by atoms with Crippen LogP contribution in [0.3, 0.4) is 0 Å². The summed E-state index contributed by atoms with van der Waals surface area (Å²) in [6.07, 6.45) is 5.34. The second-order valence-electron chi connectivity index (χ2n) is 13.8. The molecule has 1 spiro atoms. The average molecular weight is 660 g/mol. The number of hydrogen-bond donors (Lipinski definition) is 2. The average Bonchev–Trinajstić information content (AvgIpc) is 3.55. The molecule has 3 aliphatic rings. The fraction of sp³-hybridized carbons (Fsp3) is 0.375. The Labute approximate surface area is 288 Å². The molecule has 0 bridgehead atoms. The van der Waals surface area contributed by atoms with Gasteiger partial charge in [0, 0.05) is 76.0 Å². The lowest BCUT2D eigenvalue weighted by atomic mass is 9.71. The van der Waals surface area contributed by atoms with Crippen molar-refractivity contribution in [2.45, 2.75) is 63.2 Å². The Hall–Kier alpha value is -4.73. The molecule has 9 nitrogen and oxygen atoms in total. The number of aromatic nitrogens is 1. The lowest BCUT2D eigenvalue weighted by molar-refractivity contribution is -0.0217. The number of amides is 3. The molecule has 1 aromatic heterocycles. The minimum Gasteiger partial charge on any atom is -0.381 e. The highest BCUT2D eigenvalue weighted by molar-refractivity contribution is 6.04. The van der Waals surface area contributed by atoms with Crippen molar-refractivity contribution in [2.24, 2.45) is 0 Å². The molecule has 0 atom stereocenters. The molecule has 2 aliphatic heterocycles. The Kier molecular flexibility index (Phi) is 9.38. The molecule has 3 aromatic carbocycles. The van der Waals surface area contributed by atoms with Crippen molar-refractivity contribution >= 4 is 23.4 Å². The van der Waals surface area contributed by atoms with Crippen molar-refractivity contribution in [3.63, 3.8) is 0 Å². The summed E-state index contributed by atoms with van der Waals surface area (Å²) < 4.78 is 7.68. The zero-order valence-corrected chi connectivity index (χ0v) is 28.4. The number of carbonyl (C=O) groups is 3. The molecule has 1 aliphatic carbocycles. The maximum Gasteiger partial charge on any atom is 0.268 e. The Morgan fingerprint density at radius 3 is 2.12 bits per heavy atom. The molecule has 1 saturated carbocycles. The van der Waals surface area contributed by atoms with E-state index in [0.29, 0.717) is 35.0 Å². The van der Waals surface area contributed by atoms with Crippen molar-refractivity contribution in [1.82, 2.24) is 19.7 Å². The number of anilines is 1. The third-order valence-electron chi connectivity index (χ3n) is 10.6. The standard InChI is InChI=1S/C40H45N5O4/c1-43(2)39(48)33-8-4-29(5-9-33)27-44-22-23-45-35(16-17-36(45)40(44)20-3-21-40)38(47)41-26-28-6-14-34(15-7-28)42-37(46)32-12-10-30(11-13-32)31-18-24-49-25-19-31/h4-17,31H,3,18-27H2,1-2H3,(H,41,47)(H,42,46). The zero-order chi connectivity index (χ0) is 34.0. The molecule has 2 fully saturated rings. The van der Waals surface area contributed by atoms with Gasteiger partial charge in [-0.15, -0.1) is 0 Å². The van der Waals surface area contributed by atoms with E-state index in [-0.39, 0.29) is 23.3 Å². The second-order valence-corrected chi connectivity index (χ2v) is 13.8. The van der Waals surface area contributed by atoms with Gasteiger partial charge < -0.3 is 24.8 Å². The maximum absolute atomic E-state index is 13.4. The summed E-state index contributed by atoms with van der Waals surface area (Å²) in [5.74, 6) is 0.272. The van der Waals surface area contributed by atoms with E-state index in [0.717, 1.165) is 64.1 Å². The van der Waals surface area contributed by atoms with Crippen LogP contribution in [-0.2, 0) is 29.9 Å². The Morgan fingerprint density at radius 2 is 1.47 bits per heavy atom. The van der Waals surface area contributed by atoms with E-state index in [4.69, 9.17) is 4.74 Å². The molecule has 49 heavy (non-hydrogen) atoms. The van der Waals surface area contributed by atoms with E-state index >= 15 is 0 Å². The van der Waals surface area contributed by atoms with Gasteiger partial charge in [-0.2, -0.15) is 0 Å². The van der Waals surface area contributed by atoms with Gasteiger partial charge in [0.1, 0.15) is 5.69 Å². The van der Waals surface area contributed by atoms with Gasteiger partial charge in [0.05, 0.1) is 5.54 Å². The SMILES string of the molecule is CN(C)C(=O)c1ccc(CN2CCn3c(C(=O)NCc4ccc(NC(=O)c5ccc(C6CCOCC6)cc5)cc4)ccc3C23CCC3)cc1. The number of ether oxygens (including phenoxy) is 1. The highest BCUT2D eigenvalue weighted by Gasteiger charge is 2.48. The van der Waals surface area contributed by atoms with Gasteiger partial charge in [0.25, 0.3) is 17.7 Å². The smallest absolute Gasteiger partial charge is 0.268 e. The summed E-state index contributed by atoms with van der Waals surface area (Å²) in [5.41, 5.74) is 7.27. The van der Waals surface area contributed by atoms with E-state index in [1.165, 1.54) is 23.2 Å². The van der Waals surface area contributed by atoms with Crippen molar-refractivity contribution in [3.05, 3.63) is 124 Å². The van der Waals surface area contributed by atoms with Crippen LogP contribution >= 0.6 is 0 Å². The number of nitrogens with one attached hydrogen (secondary N) is 2. The Morgan fingerprint density at radius 1 is 0.796 bits per heavy atom. The van der Waals surface area contributed by atoms with Gasteiger partial charge in [-0.3, -0.25) is 19.3 Å². The predicted octanol–water partition coefficient (Wildman–Crippen LogP) is 6.16. The third kappa shape index (κ3) is 6.78. The number of carbonyl (C=O) groups excluding carboxylic acids is 3. The van der Waals surface area contributed by atoms with E-state index in [1.54, 1.807) is 19.0 Å². The van der Waals surface area contributed by atoms with Gasteiger partial charge in [-0.1, -0.05) is 36.4 Å². The van der Waals surface area contributed by atoms with Gasteiger partial charge in [0.15, 0.2) is 0 Å². The first kappa shape index (κ1) is 32.8. The van der Waals surface area contributed by atoms with Crippen LogP contribution in [0.25, 0.3) is 0 Å². The molecule has 254 valence electrons. The summed E-state index contributed by atoms with van der Waals surface area (Å²) in [7, 11) is 3.53. The Bertz CT molecular complexity index is 1800. The number of nitrogens with zero attached hydrogens (tertiary/aromatic N) is 3. The minimum absolute atomic E-state index is 0.00710. The van der Waals surface area contributed by atoms with Crippen LogP contribution in [0.1, 0.15) is 91.6 Å². The summed E-state index contributed by atoms with van der Waals surface area (Å²) in [5, 5.41) is 6.09. The molecule has 0 unspecified atom stereocenters. The fourth-order valence-corrected chi connectivity index (χ4v) is 7.58. The second kappa shape index (κ2) is 14.0. The number of rotatable bonds is 9. The van der Waals surface area contributed by atoms with Crippen molar-refractivity contribution < 1.29 is 19.1 Å². The topological polar surface area (TPSA) is 95.9 Å².